The summed E-state index contributed by atoms with van der Waals surface area (Å²) in [7, 11) is 0. The molecule has 1 aliphatic rings. The standard InChI is InChI=1S/C92H60O14/c93-79-69(49-13-3-1-4-14-49)82(96)84(98)76-68(63-37-24-46-12-8-10-18-54(46)43-63)78-74(85(99)89(103)92(106)88(78)102)65(71(76)79)51-25-19-48(20-26-51)56-30-31-58-41-59(33-32-57(58)40-56)60-34-35-62-44-64(38-36-61(62)42-60)67-72-73(83(97)81(95)70(80(72)94)50-15-5-2-6-16-50)66(75-77(67)87(101)91(105)90(104)86(75)100)52-27-21-47(22-28-52)55-29-23-45-11-7-9-17-53(45)39-55/h1-44,87,91,93-106H. The number of hydrogen-bond acceptors (Lipinski definition) is 14. The Morgan fingerprint density at radius 2 is 0.434 bits per heavy atom. The van der Waals surface area contributed by atoms with Gasteiger partial charge in [-0.25, -0.2) is 0 Å². The molecular formula is C92H60O14. The fourth-order valence-electron chi connectivity index (χ4n) is 15.9. The number of aliphatic hydroxyl groups excluding tert-OH is 4. The molecule has 0 fully saturated rings. The lowest BCUT2D eigenvalue weighted by Crippen LogP contribution is -2.28. The number of phenolic OH excluding ortho intramolecular Hbond substituents is 10. The van der Waals surface area contributed by atoms with E-state index in [9.17, 15) is 71.5 Å². The van der Waals surface area contributed by atoms with Crippen LogP contribution >= 0.6 is 0 Å². The Morgan fingerprint density at radius 1 is 0.170 bits per heavy atom. The molecule has 14 N–H and O–H groups in total. The fourth-order valence-corrected chi connectivity index (χ4v) is 15.9. The summed E-state index contributed by atoms with van der Waals surface area (Å²) in [5, 5.41) is 175. The van der Waals surface area contributed by atoms with Crippen LogP contribution in [-0.2, 0) is 0 Å². The van der Waals surface area contributed by atoms with Crippen LogP contribution in [-0.4, -0.2) is 77.6 Å². The monoisotopic (exact) mass is 1390 g/mol. The first-order valence-electron chi connectivity index (χ1n) is 34.2. The van der Waals surface area contributed by atoms with E-state index in [0.29, 0.717) is 38.8 Å². The Labute approximate surface area is 603 Å². The van der Waals surface area contributed by atoms with Gasteiger partial charge in [-0.05, 0) is 146 Å². The second kappa shape index (κ2) is 24.3. The van der Waals surface area contributed by atoms with Gasteiger partial charge in [0.2, 0.25) is 11.5 Å². The van der Waals surface area contributed by atoms with E-state index >= 15 is 0 Å². The zero-order valence-corrected chi connectivity index (χ0v) is 55.8. The predicted molar refractivity (Wildman–Crippen MR) is 418 cm³/mol. The van der Waals surface area contributed by atoms with Gasteiger partial charge in [-0.2, -0.15) is 0 Å². The maximum atomic E-state index is 12.9. The highest BCUT2D eigenvalue weighted by Gasteiger charge is 2.42. The summed E-state index contributed by atoms with van der Waals surface area (Å²) in [6.07, 6.45) is -3.90. The van der Waals surface area contributed by atoms with E-state index < -0.39 is 81.2 Å². The van der Waals surface area contributed by atoms with Gasteiger partial charge in [-0.1, -0.05) is 231 Å². The van der Waals surface area contributed by atoms with Gasteiger partial charge in [-0.3, -0.25) is 0 Å². The smallest absolute Gasteiger partial charge is 0.204 e. The first-order valence-corrected chi connectivity index (χ1v) is 34.2. The number of hydrogen-bond donors (Lipinski definition) is 14. The summed E-state index contributed by atoms with van der Waals surface area (Å²) in [6, 6.07) is 81.8. The molecule has 0 radical (unpaired) electrons. The predicted octanol–water partition coefficient (Wildman–Crippen LogP) is 21.0. The quantitative estimate of drug-likeness (QED) is 0.0364. The van der Waals surface area contributed by atoms with Crippen LogP contribution in [0.25, 0.3) is 181 Å². The van der Waals surface area contributed by atoms with Crippen LogP contribution in [0.3, 0.4) is 0 Å². The maximum Gasteiger partial charge on any atom is 0.204 e. The Morgan fingerprint density at radius 3 is 0.858 bits per heavy atom. The van der Waals surface area contributed by atoms with E-state index in [4.69, 9.17) is 0 Å². The number of rotatable bonds is 9. The minimum atomic E-state index is -2.01. The lowest BCUT2D eigenvalue weighted by molar-refractivity contribution is 0.0129. The van der Waals surface area contributed by atoms with E-state index in [1.165, 1.54) is 0 Å². The zero-order valence-electron chi connectivity index (χ0n) is 55.8. The van der Waals surface area contributed by atoms with Crippen molar-refractivity contribution in [3.05, 3.63) is 284 Å². The van der Waals surface area contributed by atoms with Gasteiger partial charge in [0, 0.05) is 65.7 Å². The van der Waals surface area contributed by atoms with Crippen LogP contribution in [0.2, 0.25) is 0 Å². The van der Waals surface area contributed by atoms with Crippen molar-refractivity contribution >= 4 is 81.2 Å². The van der Waals surface area contributed by atoms with E-state index in [1.807, 2.05) is 152 Å². The molecule has 18 rings (SSSR count). The Hall–Kier alpha value is -14.2. The molecule has 17 aromatic rings. The lowest BCUT2D eigenvalue weighted by atomic mass is 9.75. The van der Waals surface area contributed by atoms with Crippen LogP contribution in [0.1, 0.15) is 17.2 Å². The van der Waals surface area contributed by atoms with Crippen LogP contribution in [0, 0.1) is 0 Å². The molecule has 0 saturated heterocycles. The summed E-state index contributed by atoms with van der Waals surface area (Å²) < 4.78 is 0. The van der Waals surface area contributed by atoms with Gasteiger partial charge in [0.25, 0.3) is 0 Å². The van der Waals surface area contributed by atoms with Gasteiger partial charge in [0.15, 0.2) is 46.0 Å². The molecule has 1 aliphatic carbocycles. The summed E-state index contributed by atoms with van der Waals surface area (Å²) in [5.41, 5.74) is 7.18. The highest BCUT2D eigenvalue weighted by atomic mass is 16.4. The van der Waals surface area contributed by atoms with Crippen molar-refractivity contribution in [2.75, 3.05) is 0 Å². The Bertz CT molecular complexity index is 6670. The molecule has 0 spiro atoms. The highest BCUT2D eigenvalue weighted by Crippen LogP contribution is 2.64. The van der Waals surface area contributed by atoms with Crippen molar-refractivity contribution in [1.82, 2.24) is 0 Å². The van der Waals surface area contributed by atoms with Gasteiger partial charge in [0.05, 0.1) is 11.1 Å². The summed E-state index contributed by atoms with van der Waals surface area (Å²) >= 11 is 0. The summed E-state index contributed by atoms with van der Waals surface area (Å²) in [6.45, 7) is 0. The molecule has 0 amide bonds. The molecule has 0 aromatic heterocycles. The molecule has 17 aromatic carbocycles. The van der Waals surface area contributed by atoms with Crippen molar-refractivity contribution < 1.29 is 71.5 Å². The topological polar surface area (TPSA) is 283 Å². The molecule has 14 nitrogen and oxygen atoms in total. The summed E-state index contributed by atoms with van der Waals surface area (Å²) in [5.74, 6) is -8.91. The largest absolute Gasteiger partial charge is 0.506 e. The average molecular weight is 1390 g/mol. The van der Waals surface area contributed by atoms with E-state index in [-0.39, 0.29) is 76.8 Å². The van der Waals surface area contributed by atoms with Gasteiger partial charge in [0.1, 0.15) is 23.7 Å². The third-order valence-electron chi connectivity index (χ3n) is 21.1. The normalized spacial score (nSPS) is 13.8. The Kier molecular flexibility index (Phi) is 14.6. The molecule has 2 atom stereocenters. The number of aliphatic hydroxyl groups is 4. The molecule has 0 saturated carbocycles. The van der Waals surface area contributed by atoms with Crippen molar-refractivity contribution in [2.24, 2.45) is 0 Å². The minimum Gasteiger partial charge on any atom is -0.506 e. The third-order valence-corrected chi connectivity index (χ3v) is 21.1. The fraction of sp³-hybridized carbons (Fsp3) is 0.0217. The van der Waals surface area contributed by atoms with Crippen molar-refractivity contribution in [2.45, 2.75) is 12.2 Å². The second-order valence-corrected chi connectivity index (χ2v) is 27.0. The molecule has 106 heavy (non-hydrogen) atoms. The molecule has 0 heterocycles. The molecule has 14 heteroatoms. The minimum absolute atomic E-state index is 0.00764. The number of benzene rings is 17. The van der Waals surface area contributed by atoms with Crippen LogP contribution < -0.4 is 0 Å². The van der Waals surface area contributed by atoms with E-state index in [2.05, 4.69) is 12.1 Å². The summed E-state index contributed by atoms with van der Waals surface area (Å²) in [4.78, 5) is 0. The molecule has 0 aliphatic heterocycles. The van der Waals surface area contributed by atoms with Crippen LogP contribution in [0.15, 0.2) is 273 Å². The zero-order chi connectivity index (χ0) is 72.8. The highest BCUT2D eigenvalue weighted by molar-refractivity contribution is 6.30. The van der Waals surface area contributed by atoms with Crippen molar-refractivity contribution in [3.63, 3.8) is 0 Å². The first kappa shape index (κ1) is 64.0. The van der Waals surface area contributed by atoms with E-state index in [0.717, 1.165) is 71.1 Å². The van der Waals surface area contributed by atoms with Crippen LogP contribution in [0.5, 0.6) is 57.5 Å². The SMILES string of the molecule is OC1=C(O)C(O)C(O)c2c1c(-c1ccc(-c3ccc4ccccc4c3)cc1)c1c(O)c(O)c(-c3ccccc3)c(O)c1c2-c1ccc2cc(-c3ccc4cc(-c5ccc(-c6c7c(O)c(O)c(O)c(O)c7c(-c7ccc8ccccc8c7)c7c(O)c(O)c(-c8ccccc8)c(O)c67)cc5)ccc4c3)ccc2c1. The second-order valence-electron chi connectivity index (χ2n) is 27.0. The van der Waals surface area contributed by atoms with Gasteiger partial charge >= 0.3 is 0 Å². The Balaban J connectivity index is 0.730. The van der Waals surface area contributed by atoms with Crippen molar-refractivity contribution in [1.29, 1.82) is 0 Å². The average Bonchev–Trinajstić information content (AvgIpc) is 0.701. The van der Waals surface area contributed by atoms with Gasteiger partial charge in [-0.15, -0.1) is 0 Å². The molecule has 512 valence electrons. The first-order chi connectivity index (χ1) is 51.4. The van der Waals surface area contributed by atoms with Crippen molar-refractivity contribution in [3.8, 4) is 158 Å². The van der Waals surface area contributed by atoms with Gasteiger partial charge < -0.3 is 71.5 Å². The maximum absolute atomic E-state index is 12.9. The molecule has 0 bridgehead atoms. The third kappa shape index (κ3) is 9.73. The van der Waals surface area contributed by atoms with E-state index in [1.54, 1.807) is 103 Å². The number of aromatic hydroxyl groups is 10. The molecular weight excluding hydrogens is 1330 g/mol. The number of fused-ring (bicyclic) bond motifs is 8. The molecule has 2 unspecified atom stereocenters. The number of phenols is 10. The lowest BCUT2D eigenvalue weighted by Gasteiger charge is -2.32. The van der Waals surface area contributed by atoms with Crippen LogP contribution in [0.4, 0.5) is 0 Å².